The third-order valence-corrected chi connectivity index (χ3v) is 1.86. The average Bonchev–Trinajstić information content (AvgIpc) is 2.14. The third kappa shape index (κ3) is 1.98. The number of rotatable bonds is 3. The molecule has 0 amide bonds. The molecule has 0 aliphatic heterocycles. The molecule has 1 aromatic rings. The van der Waals surface area contributed by atoms with Gasteiger partial charge in [-0.25, -0.2) is 4.39 Å². The number of hydrogen-bond acceptors (Lipinski definition) is 2. The SMILES string of the molecule is CCOc1ccc(C=O)c(F)c1Cl. The number of ether oxygens (including phenoxy) is 1. The minimum atomic E-state index is -0.734. The maximum atomic E-state index is 13.1. The standard InChI is InChI=1S/C9H8ClFO2/c1-2-13-7-4-3-6(5-12)9(11)8(7)10/h3-5H,2H2,1H3. The van der Waals surface area contributed by atoms with Crippen molar-refractivity contribution in [2.24, 2.45) is 0 Å². The lowest BCUT2D eigenvalue weighted by Crippen LogP contribution is -1.96. The minimum Gasteiger partial charge on any atom is -0.492 e. The van der Waals surface area contributed by atoms with E-state index in [0.717, 1.165) is 0 Å². The summed E-state index contributed by atoms with van der Waals surface area (Å²) in [6, 6.07) is 2.80. The second kappa shape index (κ2) is 4.23. The molecule has 0 aliphatic rings. The van der Waals surface area contributed by atoms with E-state index < -0.39 is 5.82 Å². The Bertz CT molecular complexity index is 326. The molecule has 0 radical (unpaired) electrons. The lowest BCUT2D eigenvalue weighted by molar-refractivity contribution is 0.112. The quantitative estimate of drug-likeness (QED) is 0.705. The Morgan fingerprint density at radius 2 is 2.31 bits per heavy atom. The maximum Gasteiger partial charge on any atom is 0.156 e. The van der Waals surface area contributed by atoms with Gasteiger partial charge in [0.1, 0.15) is 10.8 Å². The second-order valence-corrected chi connectivity index (χ2v) is 2.71. The Labute approximate surface area is 80.3 Å². The van der Waals surface area contributed by atoms with Crippen molar-refractivity contribution in [2.75, 3.05) is 6.61 Å². The molecule has 2 nitrogen and oxygen atoms in total. The van der Waals surface area contributed by atoms with Gasteiger partial charge in [0, 0.05) is 0 Å². The van der Waals surface area contributed by atoms with Crippen LogP contribution < -0.4 is 4.74 Å². The average molecular weight is 203 g/mol. The van der Waals surface area contributed by atoms with Crippen molar-refractivity contribution in [3.8, 4) is 5.75 Å². The molecular formula is C9H8ClFO2. The number of aldehydes is 1. The largest absolute Gasteiger partial charge is 0.492 e. The number of benzene rings is 1. The summed E-state index contributed by atoms with van der Waals surface area (Å²) in [6.07, 6.45) is 0.414. The van der Waals surface area contributed by atoms with E-state index in [4.69, 9.17) is 16.3 Å². The molecule has 13 heavy (non-hydrogen) atoms. The zero-order valence-electron chi connectivity index (χ0n) is 7.01. The fourth-order valence-electron chi connectivity index (χ4n) is 0.905. The van der Waals surface area contributed by atoms with E-state index in [9.17, 15) is 9.18 Å². The van der Waals surface area contributed by atoms with Gasteiger partial charge in [0.05, 0.1) is 12.2 Å². The predicted octanol–water partition coefficient (Wildman–Crippen LogP) is 2.69. The summed E-state index contributed by atoms with van der Waals surface area (Å²) in [5.41, 5.74) is -0.0616. The fraction of sp³-hybridized carbons (Fsp3) is 0.222. The topological polar surface area (TPSA) is 26.3 Å². The monoisotopic (exact) mass is 202 g/mol. The Balaban J connectivity index is 3.14. The van der Waals surface area contributed by atoms with Gasteiger partial charge in [0.2, 0.25) is 0 Å². The smallest absolute Gasteiger partial charge is 0.156 e. The molecule has 0 saturated heterocycles. The van der Waals surface area contributed by atoms with E-state index in [1.165, 1.54) is 12.1 Å². The Morgan fingerprint density at radius 1 is 1.62 bits per heavy atom. The molecule has 1 aromatic carbocycles. The number of carbonyl (C=O) groups is 1. The first kappa shape index (κ1) is 9.99. The van der Waals surface area contributed by atoms with Gasteiger partial charge < -0.3 is 4.74 Å². The van der Waals surface area contributed by atoms with E-state index in [1.54, 1.807) is 6.92 Å². The summed E-state index contributed by atoms with van der Waals surface area (Å²) < 4.78 is 18.2. The van der Waals surface area contributed by atoms with E-state index in [-0.39, 0.29) is 16.3 Å². The molecule has 0 saturated carbocycles. The van der Waals surface area contributed by atoms with E-state index in [1.807, 2.05) is 0 Å². The van der Waals surface area contributed by atoms with Crippen molar-refractivity contribution in [3.63, 3.8) is 0 Å². The first-order chi connectivity index (χ1) is 6.20. The van der Waals surface area contributed by atoms with E-state index in [2.05, 4.69) is 0 Å². The summed E-state index contributed by atoms with van der Waals surface area (Å²) in [5, 5.41) is -0.147. The van der Waals surface area contributed by atoms with Crippen LogP contribution in [0.25, 0.3) is 0 Å². The highest BCUT2D eigenvalue weighted by Crippen LogP contribution is 2.28. The summed E-state index contributed by atoms with van der Waals surface area (Å²) >= 11 is 5.60. The van der Waals surface area contributed by atoms with Crippen LogP contribution in [0.5, 0.6) is 5.75 Å². The van der Waals surface area contributed by atoms with Crippen molar-refractivity contribution in [2.45, 2.75) is 6.92 Å². The van der Waals surface area contributed by atoms with Crippen LogP contribution in [-0.4, -0.2) is 12.9 Å². The summed E-state index contributed by atoms with van der Waals surface area (Å²) in [5.74, 6) is -0.477. The Morgan fingerprint density at radius 3 is 2.85 bits per heavy atom. The van der Waals surface area contributed by atoms with Crippen LogP contribution in [-0.2, 0) is 0 Å². The van der Waals surface area contributed by atoms with Crippen molar-refractivity contribution in [3.05, 3.63) is 28.5 Å². The Hall–Kier alpha value is -1.09. The van der Waals surface area contributed by atoms with E-state index >= 15 is 0 Å². The van der Waals surface area contributed by atoms with Crippen LogP contribution in [0.15, 0.2) is 12.1 Å². The maximum absolute atomic E-state index is 13.1. The summed E-state index contributed by atoms with van der Waals surface area (Å²) in [4.78, 5) is 10.3. The molecule has 0 bridgehead atoms. The second-order valence-electron chi connectivity index (χ2n) is 2.33. The molecule has 1 rings (SSSR count). The lowest BCUT2D eigenvalue weighted by atomic mass is 10.2. The number of halogens is 2. The molecule has 0 heterocycles. The highest BCUT2D eigenvalue weighted by atomic mass is 35.5. The zero-order valence-corrected chi connectivity index (χ0v) is 7.77. The first-order valence-electron chi connectivity index (χ1n) is 3.76. The van der Waals surface area contributed by atoms with Crippen molar-refractivity contribution in [1.29, 1.82) is 0 Å². The van der Waals surface area contributed by atoms with Gasteiger partial charge in [-0.3, -0.25) is 4.79 Å². The molecule has 70 valence electrons. The van der Waals surface area contributed by atoms with Gasteiger partial charge in [-0.2, -0.15) is 0 Å². The molecule has 0 fully saturated rings. The highest BCUT2D eigenvalue weighted by Gasteiger charge is 2.11. The predicted molar refractivity (Wildman–Crippen MR) is 48.0 cm³/mol. The fourth-order valence-corrected chi connectivity index (χ4v) is 1.13. The molecule has 0 aromatic heterocycles. The minimum absolute atomic E-state index is 0.0616. The molecular weight excluding hydrogens is 195 g/mol. The molecule has 0 unspecified atom stereocenters. The number of hydrogen-bond donors (Lipinski definition) is 0. The molecule has 4 heteroatoms. The summed E-state index contributed by atoms with van der Waals surface area (Å²) in [6.45, 7) is 2.17. The Kier molecular flexibility index (Phi) is 3.25. The van der Waals surface area contributed by atoms with Crippen LogP contribution in [0.2, 0.25) is 5.02 Å². The highest BCUT2D eigenvalue weighted by molar-refractivity contribution is 6.32. The zero-order chi connectivity index (χ0) is 9.84. The lowest BCUT2D eigenvalue weighted by Gasteiger charge is -2.06. The summed E-state index contributed by atoms with van der Waals surface area (Å²) in [7, 11) is 0. The van der Waals surface area contributed by atoms with Gasteiger partial charge in [-0.1, -0.05) is 11.6 Å². The van der Waals surface area contributed by atoms with E-state index in [0.29, 0.717) is 12.9 Å². The van der Waals surface area contributed by atoms with Crippen LogP contribution in [0.4, 0.5) is 4.39 Å². The third-order valence-electron chi connectivity index (χ3n) is 1.50. The van der Waals surface area contributed by atoms with Crippen molar-refractivity contribution in [1.82, 2.24) is 0 Å². The van der Waals surface area contributed by atoms with Crippen molar-refractivity contribution >= 4 is 17.9 Å². The van der Waals surface area contributed by atoms with Gasteiger partial charge in [-0.05, 0) is 19.1 Å². The van der Waals surface area contributed by atoms with Gasteiger partial charge in [0.25, 0.3) is 0 Å². The molecule has 0 aliphatic carbocycles. The normalized spacial score (nSPS) is 9.77. The van der Waals surface area contributed by atoms with Gasteiger partial charge in [-0.15, -0.1) is 0 Å². The van der Waals surface area contributed by atoms with Crippen LogP contribution >= 0.6 is 11.6 Å². The van der Waals surface area contributed by atoms with Crippen LogP contribution in [0, 0.1) is 5.82 Å². The molecule has 0 spiro atoms. The number of carbonyl (C=O) groups excluding carboxylic acids is 1. The van der Waals surface area contributed by atoms with Gasteiger partial charge >= 0.3 is 0 Å². The first-order valence-corrected chi connectivity index (χ1v) is 4.14. The molecule has 0 atom stereocenters. The molecule has 0 N–H and O–H groups in total. The van der Waals surface area contributed by atoms with Crippen LogP contribution in [0.3, 0.4) is 0 Å². The van der Waals surface area contributed by atoms with Crippen molar-refractivity contribution < 1.29 is 13.9 Å². The van der Waals surface area contributed by atoms with Crippen LogP contribution in [0.1, 0.15) is 17.3 Å². The van der Waals surface area contributed by atoms with Gasteiger partial charge in [0.15, 0.2) is 12.1 Å².